The minimum absolute atomic E-state index is 0.0623. The van der Waals surface area contributed by atoms with Gasteiger partial charge < -0.3 is 4.90 Å². The molecule has 2 amide bonds. The van der Waals surface area contributed by atoms with Crippen LogP contribution in [0, 0.1) is 0 Å². The largest absolute Gasteiger partial charge is 0.322 e. The lowest BCUT2D eigenvalue weighted by molar-refractivity contribution is -0.128. The molecule has 4 rings (SSSR count). The minimum Gasteiger partial charge on any atom is -0.322 e. The van der Waals surface area contributed by atoms with Crippen LogP contribution < -0.4 is 5.43 Å². The number of hydrazone groups is 1. The maximum atomic E-state index is 12.4. The Kier molecular flexibility index (Phi) is 6.70. The highest BCUT2D eigenvalue weighted by Gasteiger charge is 2.32. The number of amides is 2. The molecule has 7 heteroatoms. The molecule has 0 aliphatic carbocycles. The normalized spacial score (nSPS) is 16.1. The highest BCUT2D eigenvalue weighted by molar-refractivity contribution is 8.00. The van der Waals surface area contributed by atoms with Gasteiger partial charge >= 0.3 is 0 Å². The molecule has 1 atom stereocenters. The van der Waals surface area contributed by atoms with Gasteiger partial charge in [0.1, 0.15) is 5.37 Å². The van der Waals surface area contributed by atoms with E-state index in [2.05, 4.69) is 10.5 Å². The van der Waals surface area contributed by atoms with E-state index >= 15 is 0 Å². The molecule has 5 nitrogen and oxygen atoms in total. The van der Waals surface area contributed by atoms with Crippen molar-refractivity contribution in [3.05, 3.63) is 106 Å². The molecular formula is C24H20ClN3O2S. The average molecular weight is 450 g/mol. The Morgan fingerprint density at radius 3 is 2.48 bits per heavy atom. The van der Waals surface area contributed by atoms with Gasteiger partial charge in [0, 0.05) is 17.1 Å². The topological polar surface area (TPSA) is 61.8 Å². The van der Waals surface area contributed by atoms with Gasteiger partial charge in [0.25, 0.3) is 5.91 Å². The maximum Gasteiger partial charge on any atom is 0.271 e. The Bertz CT molecular complexity index is 1090. The zero-order valence-electron chi connectivity index (χ0n) is 16.6. The molecule has 156 valence electrons. The summed E-state index contributed by atoms with van der Waals surface area (Å²) in [7, 11) is 0. The quantitative estimate of drug-likeness (QED) is 0.431. The van der Waals surface area contributed by atoms with Gasteiger partial charge in [0.15, 0.2) is 0 Å². The number of nitrogens with zero attached hydrogens (tertiary/aromatic N) is 2. The molecular weight excluding hydrogens is 430 g/mol. The van der Waals surface area contributed by atoms with Crippen molar-refractivity contribution in [2.24, 2.45) is 5.10 Å². The van der Waals surface area contributed by atoms with E-state index in [4.69, 9.17) is 11.6 Å². The fourth-order valence-electron chi connectivity index (χ4n) is 3.26. The van der Waals surface area contributed by atoms with Crippen molar-refractivity contribution < 1.29 is 9.59 Å². The second-order valence-electron chi connectivity index (χ2n) is 7.04. The zero-order valence-corrected chi connectivity index (χ0v) is 18.1. The van der Waals surface area contributed by atoms with Crippen LogP contribution in [0.2, 0.25) is 5.02 Å². The molecule has 0 radical (unpaired) electrons. The number of benzene rings is 3. The van der Waals surface area contributed by atoms with Gasteiger partial charge in [0.2, 0.25) is 5.91 Å². The molecule has 1 aliphatic heterocycles. The summed E-state index contributed by atoms with van der Waals surface area (Å²) in [5.41, 5.74) is 5.95. The van der Waals surface area contributed by atoms with Gasteiger partial charge in [-0.15, -0.1) is 11.8 Å². The number of carbonyl (C=O) groups excluding carboxylic acids is 2. The molecule has 0 bridgehead atoms. The van der Waals surface area contributed by atoms with E-state index in [-0.39, 0.29) is 17.2 Å². The minimum atomic E-state index is -0.298. The van der Waals surface area contributed by atoms with Crippen LogP contribution in [0.5, 0.6) is 0 Å². The zero-order chi connectivity index (χ0) is 21.6. The van der Waals surface area contributed by atoms with Gasteiger partial charge in [-0.05, 0) is 41.0 Å². The van der Waals surface area contributed by atoms with Crippen LogP contribution in [-0.2, 0) is 11.3 Å². The predicted molar refractivity (Wildman–Crippen MR) is 125 cm³/mol. The fraction of sp³-hybridized carbons (Fsp3) is 0.125. The summed E-state index contributed by atoms with van der Waals surface area (Å²) in [6, 6.07) is 24.4. The van der Waals surface area contributed by atoms with Gasteiger partial charge in [-0.25, -0.2) is 5.43 Å². The molecule has 1 fully saturated rings. The number of hydrogen-bond donors (Lipinski definition) is 1. The first-order chi connectivity index (χ1) is 15.1. The van der Waals surface area contributed by atoms with Crippen LogP contribution in [0.3, 0.4) is 0 Å². The third kappa shape index (κ3) is 5.34. The molecule has 0 unspecified atom stereocenters. The van der Waals surface area contributed by atoms with Crippen LogP contribution in [-0.4, -0.2) is 28.7 Å². The summed E-state index contributed by atoms with van der Waals surface area (Å²) >= 11 is 7.46. The lowest BCUT2D eigenvalue weighted by Crippen LogP contribution is -2.27. The second kappa shape index (κ2) is 9.81. The smallest absolute Gasteiger partial charge is 0.271 e. The molecule has 0 spiro atoms. The van der Waals surface area contributed by atoms with Crippen LogP contribution >= 0.6 is 23.4 Å². The number of thioether (sulfide) groups is 1. The van der Waals surface area contributed by atoms with Gasteiger partial charge in [0.05, 0.1) is 12.0 Å². The van der Waals surface area contributed by atoms with Crippen molar-refractivity contribution in [2.45, 2.75) is 11.9 Å². The van der Waals surface area contributed by atoms with E-state index in [0.717, 1.165) is 16.7 Å². The first kappa shape index (κ1) is 21.2. The monoisotopic (exact) mass is 449 g/mol. The summed E-state index contributed by atoms with van der Waals surface area (Å²) in [6.07, 6.45) is 1.56. The van der Waals surface area contributed by atoms with Gasteiger partial charge in [-0.2, -0.15) is 5.10 Å². The van der Waals surface area contributed by atoms with Crippen molar-refractivity contribution in [1.82, 2.24) is 10.3 Å². The summed E-state index contributed by atoms with van der Waals surface area (Å²) < 4.78 is 0. The van der Waals surface area contributed by atoms with Crippen molar-refractivity contribution in [2.75, 3.05) is 5.75 Å². The SMILES string of the molecule is O=C(N/N=C\c1ccc(Cl)cc1)c1ccc([C@H]2SCC(=O)N2Cc2ccccc2)cc1. The number of rotatable bonds is 6. The molecule has 3 aromatic rings. The molecule has 0 saturated carbocycles. The van der Waals surface area contributed by atoms with Crippen molar-refractivity contribution in [3.63, 3.8) is 0 Å². The second-order valence-corrected chi connectivity index (χ2v) is 8.55. The Morgan fingerprint density at radius 1 is 1.06 bits per heavy atom. The Balaban J connectivity index is 1.40. The molecule has 1 heterocycles. The molecule has 1 N–H and O–H groups in total. The highest BCUT2D eigenvalue weighted by Crippen LogP contribution is 2.39. The predicted octanol–water partition coefficient (Wildman–Crippen LogP) is 4.88. The van der Waals surface area contributed by atoms with E-state index in [1.807, 2.05) is 59.5 Å². The molecule has 31 heavy (non-hydrogen) atoms. The first-order valence-corrected chi connectivity index (χ1v) is 11.2. The highest BCUT2D eigenvalue weighted by atomic mass is 35.5. The molecule has 0 aromatic heterocycles. The molecule has 1 aliphatic rings. The standard InChI is InChI=1S/C24H20ClN3O2S/c25-21-12-6-17(7-13-21)14-26-27-23(30)19-8-10-20(11-9-19)24-28(22(29)16-31-24)15-18-4-2-1-3-5-18/h1-14,24H,15-16H2,(H,27,30)/b26-14-/t24-/m1/s1. The Morgan fingerprint density at radius 2 is 1.77 bits per heavy atom. The van der Waals surface area contributed by atoms with Crippen LogP contribution in [0.15, 0.2) is 84.0 Å². The van der Waals surface area contributed by atoms with E-state index in [0.29, 0.717) is 22.9 Å². The summed E-state index contributed by atoms with van der Waals surface area (Å²) in [5.74, 6) is 0.282. The van der Waals surface area contributed by atoms with Gasteiger partial charge in [-0.3, -0.25) is 9.59 Å². The van der Waals surface area contributed by atoms with Crippen molar-refractivity contribution in [3.8, 4) is 0 Å². The Labute approximate surface area is 190 Å². The van der Waals surface area contributed by atoms with E-state index < -0.39 is 0 Å². The average Bonchev–Trinajstić information content (AvgIpc) is 3.16. The van der Waals surface area contributed by atoms with Crippen LogP contribution in [0.4, 0.5) is 0 Å². The van der Waals surface area contributed by atoms with Crippen LogP contribution in [0.25, 0.3) is 0 Å². The molecule has 1 saturated heterocycles. The number of hydrogen-bond acceptors (Lipinski definition) is 4. The number of halogens is 1. The third-order valence-electron chi connectivity index (χ3n) is 4.87. The Hall–Kier alpha value is -3.09. The maximum absolute atomic E-state index is 12.4. The van der Waals surface area contributed by atoms with Gasteiger partial charge in [-0.1, -0.05) is 66.2 Å². The lowest BCUT2D eigenvalue weighted by Gasteiger charge is -2.24. The molecule has 3 aromatic carbocycles. The summed E-state index contributed by atoms with van der Waals surface area (Å²) in [6.45, 7) is 0.568. The number of nitrogens with one attached hydrogen (secondary N) is 1. The third-order valence-corrected chi connectivity index (χ3v) is 6.38. The van der Waals surface area contributed by atoms with Crippen LogP contribution in [0.1, 0.15) is 32.4 Å². The summed E-state index contributed by atoms with van der Waals surface area (Å²) in [5, 5.41) is 4.57. The van der Waals surface area contributed by atoms with E-state index in [1.165, 1.54) is 0 Å². The lowest BCUT2D eigenvalue weighted by atomic mass is 10.1. The van der Waals surface area contributed by atoms with Crippen molar-refractivity contribution >= 4 is 41.4 Å². The van der Waals surface area contributed by atoms with E-state index in [9.17, 15) is 9.59 Å². The van der Waals surface area contributed by atoms with E-state index in [1.54, 1.807) is 42.2 Å². The first-order valence-electron chi connectivity index (χ1n) is 9.74. The number of carbonyl (C=O) groups is 2. The van der Waals surface area contributed by atoms with Crippen molar-refractivity contribution in [1.29, 1.82) is 0 Å². The summed E-state index contributed by atoms with van der Waals surface area (Å²) in [4.78, 5) is 26.7. The fourth-order valence-corrected chi connectivity index (χ4v) is 4.57.